The second kappa shape index (κ2) is 8.90. The molecule has 2 atom stereocenters. The average Bonchev–Trinajstić information content (AvgIpc) is 2.44. The molecule has 0 aliphatic carbocycles. The molecule has 0 heterocycles. The lowest BCUT2D eigenvalue weighted by atomic mass is 10.1. The van der Waals surface area contributed by atoms with E-state index in [9.17, 15) is 9.90 Å². The number of nitrogens with one attached hydrogen (secondary N) is 1. The SMILES string of the molecule is CCCCCNC(=O)C(C)Oc1ccc(Cl)cc1[C@@H](C)O. The summed E-state index contributed by atoms with van der Waals surface area (Å²) >= 11 is 5.91. The smallest absolute Gasteiger partial charge is 0.260 e. The fourth-order valence-corrected chi connectivity index (χ4v) is 2.11. The molecule has 1 rings (SSSR count). The number of carbonyl (C=O) groups excluding carboxylic acids is 1. The van der Waals surface area contributed by atoms with Crippen LogP contribution in [0.4, 0.5) is 0 Å². The number of carbonyl (C=O) groups is 1. The average molecular weight is 314 g/mol. The molecule has 1 amide bonds. The molecule has 0 aliphatic rings. The van der Waals surface area contributed by atoms with Crippen LogP contribution in [0.1, 0.15) is 51.7 Å². The molecule has 0 aromatic heterocycles. The van der Waals surface area contributed by atoms with E-state index in [1.165, 1.54) is 0 Å². The molecule has 118 valence electrons. The van der Waals surface area contributed by atoms with Gasteiger partial charge in [-0.3, -0.25) is 4.79 Å². The fourth-order valence-electron chi connectivity index (χ4n) is 1.93. The number of unbranched alkanes of at least 4 members (excludes halogenated alkanes) is 2. The summed E-state index contributed by atoms with van der Waals surface area (Å²) in [6, 6.07) is 4.99. The second-order valence-corrected chi connectivity index (χ2v) is 5.55. The number of benzene rings is 1. The van der Waals surface area contributed by atoms with E-state index in [2.05, 4.69) is 12.2 Å². The number of halogens is 1. The maximum atomic E-state index is 11.9. The molecule has 1 aromatic rings. The van der Waals surface area contributed by atoms with Gasteiger partial charge < -0.3 is 15.2 Å². The van der Waals surface area contributed by atoms with Crippen molar-refractivity contribution in [1.29, 1.82) is 0 Å². The maximum absolute atomic E-state index is 11.9. The molecule has 5 heteroatoms. The first-order valence-corrected chi connectivity index (χ1v) is 7.75. The number of aliphatic hydroxyl groups excluding tert-OH is 1. The Bertz CT molecular complexity index is 463. The Morgan fingerprint density at radius 3 is 2.71 bits per heavy atom. The van der Waals surface area contributed by atoms with E-state index in [0.717, 1.165) is 19.3 Å². The van der Waals surface area contributed by atoms with Crippen molar-refractivity contribution in [1.82, 2.24) is 5.32 Å². The second-order valence-electron chi connectivity index (χ2n) is 5.12. The van der Waals surface area contributed by atoms with Crippen molar-refractivity contribution in [3.8, 4) is 5.75 Å². The van der Waals surface area contributed by atoms with Gasteiger partial charge in [0.25, 0.3) is 5.91 Å². The van der Waals surface area contributed by atoms with Crippen LogP contribution in [-0.4, -0.2) is 23.7 Å². The van der Waals surface area contributed by atoms with Crippen molar-refractivity contribution >= 4 is 17.5 Å². The van der Waals surface area contributed by atoms with Gasteiger partial charge in [0, 0.05) is 17.1 Å². The Labute approximate surface area is 131 Å². The number of aliphatic hydroxyl groups is 1. The third kappa shape index (κ3) is 5.94. The van der Waals surface area contributed by atoms with Crippen LogP contribution in [0, 0.1) is 0 Å². The quantitative estimate of drug-likeness (QED) is 0.723. The van der Waals surface area contributed by atoms with Crippen molar-refractivity contribution in [2.45, 2.75) is 52.2 Å². The number of hydrogen-bond acceptors (Lipinski definition) is 3. The van der Waals surface area contributed by atoms with Crippen molar-refractivity contribution in [2.24, 2.45) is 0 Å². The van der Waals surface area contributed by atoms with E-state index in [1.807, 2.05) is 0 Å². The first kappa shape index (κ1) is 17.8. The van der Waals surface area contributed by atoms with Crippen molar-refractivity contribution < 1.29 is 14.6 Å². The monoisotopic (exact) mass is 313 g/mol. The third-order valence-electron chi connectivity index (χ3n) is 3.17. The van der Waals surface area contributed by atoms with E-state index in [0.29, 0.717) is 22.9 Å². The first-order valence-electron chi connectivity index (χ1n) is 7.37. The summed E-state index contributed by atoms with van der Waals surface area (Å²) in [5.74, 6) is 0.322. The summed E-state index contributed by atoms with van der Waals surface area (Å²) < 4.78 is 5.65. The van der Waals surface area contributed by atoms with Gasteiger partial charge in [0.15, 0.2) is 6.10 Å². The van der Waals surface area contributed by atoms with E-state index in [1.54, 1.807) is 32.0 Å². The zero-order valence-corrected chi connectivity index (χ0v) is 13.6. The molecule has 4 nitrogen and oxygen atoms in total. The maximum Gasteiger partial charge on any atom is 0.260 e. The van der Waals surface area contributed by atoms with Gasteiger partial charge in [-0.2, -0.15) is 0 Å². The van der Waals surface area contributed by atoms with Crippen LogP contribution in [0.25, 0.3) is 0 Å². The van der Waals surface area contributed by atoms with Gasteiger partial charge in [0.2, 0.25) is 0 Å². The molecule has 0 saturated heterocycles. The highest BCUT2D eigenvalue weighted by Crippen LogP contribution is 2.29. The lowest BCUT2D eigenvalue weighted by Gasteiger charge is -2.18. The molecular formula is C16H24ClNO3. The number of amides is 1. The van der Waals surface area contributed by atoms with E-state index in [4.69, 9.17) is 16.3 Å². The van der Waals surface area contributed by atoms with Crippen LogP contribution < -0.4 is 10.1 Å². The molecule has 0 fully saturated rings. The van der Waals surface area contributed by atoms with Crippen molar-refractivity contribution in [3.05, 3.63) is 28.8 Å². The molecule has 2 N–H and O–H groups in total. The summed E-state index contributed by atoms with van der Waals surface area (Å²) in [7, 11) is 0. The topological polar surface area (TPSA) is 58.6 Å². The Kier molecular flexibility index (Phi) is 7.54. The Morgan fingerprint density at radius 1 is 1.38 bits per heavy atom. The van der Waals surface area contributed by atoms with Gasteiger partial charge in [-0.15, -0.1) is 0 Å². The number of hydrogen-bond donors (Lipinski definition) is 2. The van der Waals surface area contributed by atoms with Gasteiger partial charge in [-0.25, -0.2) is 0 Å². The minimum Gasteiger partial charge on any atom is -0.481 e. The molecule has 0 saturated carbocycles. The standard InChI is InChI=1S/C16H24ClNO3/c1-4-5-6-9-18-16(20)12(3)21-15-8-7-13(17)10-14(15)11(2)19/h7-8,10-12,19H,4-6,9H2,1-3H3,(H,18,20)/t11-,12?/m1/s1. The summed E-state index contributed by atoms with van der Waals surface area (Å²) in [6.45, 7) is 6.10. The highest BCUT2D eigenvalue weighted by atomic mass is 35.5. The summed E-state index contributed by atoms with van der Waals surface area (Å²) in [5, 5.41) is 13.1. The normalized spacial score (nSPS) is 13.6. The molecule has 21 heavy (non-hydrogen) atoms. The molecule has 0 bridgehead atoms. The van der Waals surface area contributed by atoms with Crippen LogP contribution in [0.3, 0.4) is 0 Å². The minimum atomic E-state index is -0.710. The van der Waals surface area contributed by atoms with Crippen molar-refractivity contribution in [3.63, 3.8) is 0 Å². The van der Waals surface area contributed by atoms with Crippen LogP contribution in [0.2, 0.25) is 5.02 Å². The van der Waals surface area contributed by atoms with Gasteiger partial charge in [-0.1, -0.05) is 31.4 Å². The summed E-state index contributed by atoms with van der Waals surface area (Å²) in [5.41, 5.74) is 0.577. The van der Waals surface area contributed by atoms with E-state index < -0.39 is 12.2 Å². The molecular weight excluding hydrogens is 290 g/mol. The third-order valence-corrected chi connectivity index (χ3v) is 3.41. The van der Waals surface area contributed by atoms with Gasteiger partial charge in [0.05, 0.1) is 6.10 Å². The predicted molar refractivity (Wildman–Crippen MR) is 84.7 cm³/mol. The molecule has 0 spiro atoms. The summed E-state index contributed by atoms with van der Waals surface area (Å²) in [6.07, 6.45) is 1.85. The van der Waals surface area contributed by atoms with Crippen LogP contribution in [0.15, 0.2) is 18.2 Å². The lowest BCUT2D eigenvalue weighted by Crippen LogP contribution is -2.37. The summed E-state index contributed by atoms with van der Waals surface area (Å²) in [4.78, 5) is 11.9. The first-order chi connectivity index (χ1) is 9.95. The molecule has 1 unspecified atom stereocenters. The Hall–Kier alpha value is -1.26. The van der Waals surface area contributed by atoms with Gasteiger partial charge in [0.1, 0.15) is 5.75 Å². The van der Waals surface area contributed by atoms with Gasteiger partial charge >= 0.3 is 0 Å². The van der Waals surface area contributed by atoms with E-state index in [-0.39, 0.29) is 5.91 Å². The lowest BCUT2D eigenvalue weighted by molar-refractivity contribution is -0.127. The van der Waals surface area contributed by atoms with Crippen LogP contribution in [-0.2, 0) is 4.79 Å². The molecule has 1 aromatic carbocycles. The number of ether oxygens (including phenoxy) is 1. The Balaban J connectivity index is 2.61. The molecule has 0 radical (unpaired) electrons. The zero-order chi connectivity index (χ0) is 15.8. The predicted octanol–water partition coefficient (Wildman–Crippen LogP) is 3.47. The van der Waals surface area contributed by atoms with Crippen LogP contribution in [0.5, 0.6) is 5.75 Å². The van der Waals surface area contributed by atoms with Gasteiger partial charge in [-0.05, 0) is 38.5 Å². The largest absolute Gasteiger partial charge is 0.481 e. The zero-order valence-electron chi connectivity index (χ0n) is 12.9. The minimum absolute atomic E-state index is 0.155. The Morgan fingerprint density at radius 2 is 2.10 bits per heavy atom. The fraction of sp³-hybridized carbons (Fsp3) is 0.562. The highest BCUT2D eigenvalue weighted by Gasteiger charge is 2.17. The van der Waals surface area contributed by atoms with E-state index >= 15 is 0 Å². The van der Waals surface area contributed by atoms with Crippen LogP contribution >= 0.6 is 11.6 Å². The van der Waals surface area contributed by atoms with Crippen molar-refractivity contribution in [2.75, 3.05) is 6.54 Å². The molecule has 0 aliphatic heterocycles. The number of rotatable bonds is 8. The highest BCUT2D eigenvalue weighted by molar-refractivity contribution is 6.30.